The summed E-state index contributed by atoms with van der Waals surface area (Å²) in [5, 5.41) is 6.47. The summed E-state index contributed by atoms with van der Waals surface area (Å²) in [6.07, 6.45) is 1.37. The maximum Gasteiger partial charge on any atom is 0.224 e. The first kappa shape index (κ1) is 23.8. The third-order valence-corrected chi connectivity index (χ3v) is 6.61. The lowest BCUT2D eigenvalue weighted by molar-refractivity contribution is -0.116. The summed E-state index contributed by atoms with van der Waals surface area (Å²) < 4.78 is 0. The molecule has 0 saturated carbocycles. The minimum absolute atomic E-state index is 0.0622. The SMILES string of the molecule is CCCC(=O)Nc1ccc(C)c(N2CCN(C(c3ccccc3)c3ccccc3)CC2)c1NC. The number of piperazine rings is 1. The van der Waals surface area contributed by atoms with E-state index in [9.17, 15) is 4.79 Å². The van der Waals surface area contributed by atoms with Gasteiger partial charge in [0.15, 0.2) is 0 Å². The molecular weight excluding hydrogens is 420 g/mol. The number of hydrogen-bond acceptors (Lipinski definition) is 4. The maximum atomic E-state index is 12.3. The molecule has 1 aliphatic rings. The van der Waals surface area contributed by atoms with Crippen LogP contribution < -0.4 is 15.5 Å². The van der Waals surface area contributed by atoms with E-state index in [0.29, 0.717) is 6.42 Å². The minimum atomic E-state index is 0.0622. The molecule has 5 nitrogen and oxygen atoms in total. The Labute approximate surface area is 203 Å². The number of rotatable bonds is 8. The smallest absolute Gasteiger partial charge is 0.224 e. The molecule has 178 valence electrons. The van der Waals surface area contributed by atoms with Crippen molar-refractivity contribution >= 4 is 23.0 Å². The van der Waals surface area contributed by atoms with Crippen molar-refractivity contribution in [3.8, 4) is 0 Å². The van der Waals surface area contributed by atoms with E-state index in [1.54, 1.807) is 0 Å². The van der Waals surface area contributed by atoms with E-state index in [2.05, 4.69) is 94.1 Å². The van der Waals surface area contributed by atoms with Crippen molar-refractivity contribution in [3.05, 3.63) is 89.5 Å². The third kappa shape index (κ3) is 5.26. The molecule has 1 saturated heterocycles. The Morgan fingerprint density at radius 2 is 1.47 bits per heavy atom. The molecule has 3 aromatic carbocycles. The Morgan fingerprint density at radius 3 is 2.00 bits per heavy atom. The number of benzene rings is 3. The highest BCUT2D eigenvalue weighted by atomic mass is 16.1. The topological polar surface area (TPSA) is 47.6 Å². The molecule has 0 atom stereocenters. The standard InChI is InChI=1S/C29H36N4O/c1-4-11-26(34)31-25-17-16-22(2)28(27(25)30-3)32-18-20-33(21-19-32)29(23-12-7-5-8-13-23)24-14-9-6-10-15-24/h5-10,12-17,29-30H,4,11,18-21H2,1-3H3,(H,31,34). The van der Waals surface area contributed by atoms with Gasteiger partial charge in [0, 0.05) is 39.6 Å². The largest absolute Gasteiger partial charge is 0.385 e. The van der Waals surface area contributed by atoms with Crippen molar-refractivity contribution in [2.75, 3.05) is 48.8 Å². The normalized spacial score (nSPS) is 14.3. The van der Waals surface area contributed by atoms with Gasteiger partial charge in [-0.05, 0) is 36.1 Å². The Bertz CT molecular complexity index is 1040. The first-order chi connectivity index (χ1) is 16.6. The number of aryl methyl sites for hydroxylation is 1. The molecule has 1 amide bonds. The average molecular weight is 457 g/mol. The van der Waals surface area contributed by atoms with E-state index in [1.165, 1.54) is 22.4 Å². The summed E-state index contributed by atoms with van der Waals surface area (Å²) in [4.78, 5) is 17.3. The highest BCUT2D eigenvalue weighted by molar-refractivity contribution is 5.97. The quantitative estimate of drug-likeness (QED) is 0.457. The highest BCUT2D eigenvalue weighted by Crippen LogP contribution is 2.38. The van der Waals surface area contributed by atoms with Gasteiger partial charge in [-0.15, -0.1) is 0 Å². The lowest BCUT2D eigenvalue weighted by atomic mass is 9.96. The van der Waals surface area contributed by atoms with Crippen LogP contribution >= 0.6 is 0 Å². The molecule has 34 heavy (non-hydrogen) atoms. The Hall–Kier alpha value is -3.31. The van der Waals surface area contributed by atoms with E-state index < -0.39 is 0 Å². The Morgan fingerprint density at radius 1 is 0.882 bits per heavy atom. The van der Waals surface area contributed by atoms with Gasteiger partial charge in [0.25, 0.3) is 0 Å². The van der Waals surface area contributed by atoms with Gasteiger partial charge in [-0.25, -0.2) is 0 Å². The van der Waals surface area contributed by atoms with Crippen LogP contribution in [0.4, 0.5) is 17.1 Å². The fourth-order valence-electron chi connectivity index (χ4n) is 4.99. The van der Waals surface area contributed by atoms with E-state index in [1.807, 2.05) is 20.0 Å². The Balaban J connectivity index is 1.57. The third-order valence-electron chi connectivity index (χ3n) is 6.61. The molecule has 0 unspecified atom stereocenters. The number of carbonyl (C=O) groups is 1. The summed E-state index contributed by atoms with van der Waals surface area (Å²) in [6, 6.07) is 26.0. The second-order valence-electron chi connectivity index (χ2n) is 8.95. The molecule has 0 bridgehead atoms. The van der Waals surface area contributed by atoms with Crippen LogP contribution in [0.15, 0.2) is 72.8 Å². The lowest BCUT2D eigenvalue weighted by Crippen LogP contribution is -2.48. The number of amides is 1. The first-order valence-electron chi connectivity index (χ1n) is 12.3. The number of carbonyl (C=O) groups excluding carboxylic acids is 1. The van der Waals surface area contributed by atoms with Crippen molar-refractivity contribution < 1.29 is 4.79 Å². The zero-order valence-electron chi connectivity index (χ0n) is 20.6. The summed E-state index contributed by atoms with van der Waals surface area (Å²) in [5.74, 6) is 0.0622. The predicted molar refractivity (Wildman–Crippen MR) is 143 cm³/mol. The summed E-state index contributed by atoms with van der Waals surface area (Å²) in [6.45, 7) is 7.96. The number of nitrogens with one attached hydrogen (secondary N) is 2. The van der Waals surface area contributed by atoms with Crippen LogP contribution in [0, 0.1) is 6.92 Å². The van der Waals surface area contributed by atoms with Gasteiger partial charge in [-0.1, -0.05) is 73.7 Å². The summed E-state index contributed by atoms with van der Waals surface area (Å²) >= 11 is 0. The highest BCUT2D eigenvalue weighted by Gasteiger charge is 2.28. The van der Waals surface area contributed by atoms with Crippen LogP contribution in [-0.4, -0.2) is 44.0 Å². The lowest BCUT2D eigenvalue weighted by Gasteiger charge is -2.41. The molecule has 1 fully saturated rings. The van der Waals surface area contributed by atoms with Crippen LogP contribution in [-0.2, 0) is 4.79 Å². The van der Waals surface area contributed by atoms with Crippen molar-refractivity contribution in [2.45, 2.75) is 32.7 Å². The van der Waals surface area contributed by atoms with Crippen LogP contribution in [0.2, 0.25) is 0 Å². The van der Waals surface area contributed by atoms with Gasteiger partial charge < -0.3 is 15.5 Å². The Kier molecular flexibility index (Phi) is 7.86. The monoisotopic (exact) mass is 456 g/mol. The van der Waals surface area contributed by atoms with Gasteiger partial charge in [-0.2, -0.15) is 0 Å². The molecule has 1 aliphatic heterocycles. The fraction of sp³-hybridized carbons (Fsp3) is 0.345. The summed E-state index contributed by atoms with van der Waals surface area (Å²) in [7, 11) is 1.94. The fourth-order valence-corrected chi connectivity index (χ4v) is 4.99. The van der Waals surface area contributed by atoms with Crippen molar-refractivity contribution in [3.63, 3.8) is 0 Å². The van der Waals surface area contributed by atoms with E-state index in [-0.39, 0.29) is 11.9 Å². The van der Waals surface area contributed by atoms with Crippen LogP contribution in [0.5, 0.6) is 0 Å². The van der Waals surface area contributed by atoms with Crippen molar-refractivity contribution in [1.82, 2.24) is 4.90 Å². The second kappa shape index (κ2) is 11.2. The molecule has 0 radical (unpaired) electrons. The van der Waals surface area contributed by atoms with Crippen molar-refractivity contribution in [1.29, 1.82) is 0 Å². The van der Waals surface area contributed by atoms with Crippen LogP contribution in [0.1, 0.15) is 42.5 Å². The molecular formula is C29H36N4O. The average Bonchev–Trinajstić information content (AvgIpc) is 2.87. The zero-order valence-corrected chi connectivity index (χ0v) is 20.6. The number of anilines is 3. The van der Waals surface area contributed by atoms with Gasteiger partial charge in [-0.3, -0.25) is 9.69 Å². The number of nitrogens with zero attached hydrogens (tertiary/aromatic N) is 2. The molecule has 5 heteroatoms. The molecule has 0 aliphatic carbocycles. The zero-order chi connectivity index (χ0) is 23.9. The van der Waals surface area contributed by atoms with Crippen molar-refractivity contribution in [2.24, 2.45) is 0 Å². The predicted octanol–water partition coefficient (Wildman–Crippen LogP) is 5.69. The molecule has 0 spiro atoms. The van der Waals surface area contributed by atoms with Gasteiger partial charge in [0.2, 0.25) is 5.91 Å². The van der Waals surface area contributed by atoms with Crippen LogP contribution in [0.25, 0.3) is 0 Å². The molecule has 4 rings (SSSR count). The second-order valence-corrected chi connectivity index (χ2v) is 8.95. The molecule has 3 aromatic rings. The van der Waals surface area contributed by atoms with E-state index in [4.69, 9.17) is 0 Å². The van der Waals surface area contributed by atoms with Gasteiger partial charge in [0.05, 0.1) is 23.1 Å². The number of hydrogen-bond donors (Lipinski definition) is 2. The first-order valence-corrected chi connectivity index (χ1v) is 12.3. The van der Waals surface area contributed by atoms with Crippen LogP contribution in [0.3, 0.4) is 0 Å². The maximum absolute atomic E-state index is 12.3. The van der Waals surface area contributed by atoms with E-state index >= 15 is 0 Å². The molecule has 2 N–H and O–H groups in total. The van der Waals surface area contributed by atoms with Gasteiger partial charge in [0.1, 0.15) is 0 Å². The minimum Gasteiger partial charge on any atom is -0.385 e. The van der Waals surface area contributed by atoms with E-state index in [0.717, 1.165) is 44.0 Å². The van der Waals surface area contributed by atoms with Gasteiger partial charge >= 0.3 is 0 Å². The summed E-state index contributed by atoms with van der Waals surface area (Å²) in [5.41, 5.74) is 6.92. The molecule has 0 aromatic heterocycles. The molecule has 1 heterocycles.